The zero-order chi connectivity index (χ0) is 20.7. The van der Waals surface area contributed by atoms with E-state index in [9.17, 15) is 9.59 Å². The Hall–Kier alpha value is -2.58. The lowest BCUT2D eigenvalue weighted by Crippen LogP contribution is -2.46. The van der Waals surface area contributed by atoms with E-state index in [4.69, 9.17) is 0 Å². The van der Waals surface area contributed by atoms with Crippen LogP contribution in [0.15, 0.2) is 41.8 Å². The van der Waals surface area contributed by atoms with Gasteiger partial charge in [0, 0.05) is 22.9 Å². The molecule has 0 spiro atoms. The predicted octanol–water partition coefficient (Wildman–Crippen LogP) is 4.91. The highest BCUT2D eigenvalue weighted by Gasteiger charge is 2.42. The fourth-order valence-electron chi connectivity index (χ4n) is 3.94. The lowest BCUT2D eigenvalue weighted by Gasteiger charge is -2.40. The maximum Gasteiger partial charge on any atom is 0.231 e. The number of carbonyl (C=O) groups excluding carboxylic acids is 2. The van der Waals surface area contributed by atoms with E-state index in [1.165, 1.54) is 11.3 Å². The first-order valence-electron chi connectivity index (χ1n) is 10.2. The number of hydrogen-bond donors (Lipinski definition) is 1. The Bertz CT molecular complexity index is 1060. The van der Waals surface area contributed by atoms with Gasteiger partial charge in [-0.2, -0.15) is 0 Å². The maximum absolute atomic E-state index is 13.3. The van der Waals surface area contributed by atoms with Crippen LogP contribution in [0.1, 0.15) is 53.1 Å². The SMILES string of the molecule is Cc1ccc(N2C(=O)CC[C@H](C(=O)Nc3nnc(C4CC4)s3)[C@H]2c2cccs2)cc1. The summed E-state index contributed by atoms with van der Waals surface area (Å²) in [6.45, 7) is 2.02. The monoisotopic (exact) mass is 438 g/mol. The van der Waals surface area contributed by atoms with Crippen LogP contribution in [0.4, 0.5) is 10.8 Å². The molecular formula is C22H22N4O2S2. The van der Waals surface area contributed by atoms with Crippen molar-refractivity contribution < 1.29 is 9.59 Å². The maximum atomic E-state index is 13.3. The van der Waals surface area contributed by atoms with Crippen molar-refractivity contribution in [3.05, 3.63) is 57.2 Å². The topological polar surface area (TPSA) is 75.2 Å². The minimum Gasteiger partial charge on any atom is -0.303 e. The molecule has 1 saturated carbocycles. The summed E-state index contributed by atoms with van der Waals surface area (Å²) in [5, 5.41) is 14.9. The number of piperidine rings is 1. The summed E-state index contributed by atoms with van der Waals surface area (Å²) >= 11 is 3.04. The number of nitrogens with one attached hydrogen (secondary N) is 1. The smallest absolute Gasteiger partial charge is 0.231 e. The van der Waals surface area contributed by atoms with Crippen molar-refractivity contribution in [2.45, 2.75) is 44.6 Å². The van der Waals surface area contributed by atoms with Crippen LogP contribution in [0.5, 0.6) is 0 Å². The second-order valence-electron chi connectivity index (χ2n) is 7.91. The fraction of sp³-hybridized carbons (Fsp3) is 0.364. The lowest BCUT2D eigenvalue weighted by atomic mass is 9.86. The third kappa shape index (κ3) is 3.77. The molecule has 30 heavy (non-hydrogen) atoms. The summed E-state index contributed by atoms with van der Waals surface area (Å²) in [6, 6.07) is 11.6. The molecule has 0 bridgehead atoms. The molecule has 2 aliphatic rings. The number of amides is 2. The highest BCUT2D eigenvalue weighted by Crippen LogP contribution is 2.44. The van der Waals surface area contributed by atoms with E-state index in [1.807, 2.05) is 48.7 Å². The Kier molecular flexibility index (Phi) is 5.12. The molecule has 2 aromatic heterocycles. The molecule has 3 heterocycles. The van der Waals surface area contributed by atoms with Crippen molar-refractivity contribution in [3.63, 3.8) is 0 Å². The standard InChI is InChI=1S/C22H22N4O2S2/c1-13-4-8-15(9-5-13)26-18(27)11-10-16(19(26)17-3-2-12-29-17)20(28)23-22-25-24-21(30-22)14-6-7-14/h2-5,8-9,12,14,16,19H,6-7,10-11H2,1H3,(H,23,25,28)/t16-,19-/m0/s1. The summed E-state index contributed by atoms with van der Waals surface area (Å²) in [5.74, 6) is 0.108. The van der Waals surface area contributed by atoms with Gasteiger partial charge in [0.25, 0.3) is 0 Å². The molecule has 5 rings (SSSR count). The van der Waals surface area contributed by atoms with Gasteiger partial charge in [0.05, 0.1) is 12.0 Å². The zero-order valence-electron chi connectivity index (χ0n) is 16.6. The average molecular weight is 439 g/mol. The third-order valence-corrected chi connectivity index (χ3v) is 7.62. The highest BCUT2D eigenvalue weighted by molar-refractivity contribution is 7.15. The van der Waals surface area contributed by atoms with E-state index in [0.717, 1.165) is 34.0 Å². The van der Waals surface area contributed by atoms with Gasteiger partial charge in [-0.05, 0) is 49.8 Å². The minimum absolute atomic E-state index is 0.0493. The molecule has 1 saturated heterocycles. The van der Waals surface area contributed by atoms with Gasteiger partial charge in [-0.25, -0.2) is 0 Å². The van der Waals surface area contributed by atoms with Crippen LogP contribution in [0.25, 0.3) is 0 Å². The number of anilines is 2. The molecule has 8 heteroatoms. The second-order valence-corrected chi connectivity index (χ2v) is 9.90. The molecule has 1 N–H and O–H groups in total. The molecular weight excluding hydrogens is 416 g/mol. The minimum atomic E-state index is -0.351. The summed E-state index contributed by atoms with van der Waals surface area (Å²) in [5.41, 5.74) is 1.96. The largest absolute Gasteiger partial charge is 0.303 e. The molecule has 154 valence electrons. The lowest BCUT2D eigenvalue weighted by molar-refractivity contribution is -0.125. The van der Waals surface area contributed by atoms with Gasteiger partial charge in [0.2, 0.25) is 16.9 Å². The molecule has 3 aromatic rings. The Morgan fingerprint density at radius 1 is 1.13 bits per heavy atom. The first kappa shape index (κ1) is 19.4. The van der Waals surface area contributed by atoms with Crippen molar-refractivity contribution in [1.82, 2.24) is 10.2 Å². The first-order chi connectivity index (χ1) is 14.6. The fourth-order valence-corrected chi connectivity index (χ4v) is 5.74. The normalized spacial score (nSPS) is 21.6. The van der Waals surface area contributed by atoms with Crippen molar-refractivity contribution in [2.75, 3.05) is 10.2 Å². The Labute approximate surface area is 183 Å². The van der Waals surface area contributed by atoms with Gasteiger partial charge < -0.3 is 10.2 Å². The third-order valence-electron chi connectivity index (χ3n) is 5.68. The highest BCUT2D eigenvalue weighted by atomic mass is 32.1. The van der Waals surface area contributed by atoms with Crippen molar-refractivity contribution in [2.24, 2.45) is 5.92 Å². The number of aryl methyl sites for hydroxylation is 1. The number of rotatable bonds is 5. The van der Waals surface area contributed by atoms with Crippen LogP contribution in [0.3, 0.4) is 0 Å². The van der Waals surface area contributed by atoms with E-state index in [1.54, 1.807) is 16.2 Å². The van der Waals surface area contributed by atoms with E-state index in [2.05, 4.69) is 15.5 Å². The van der Waals surface area contributed by atoms with Crippen LogP contribution in [0.2, 0.25) is 0 Å². The van der Waals surface area contributed by atoms with E-state index < -0.39 is 0 Å². The molecule has 0 unspecified atom stereocenters. The molecule has 1 aliphatic carbocycles. The van der Waals surface area contributed by atoms with Gasteiger partial charge >= 0.3 is 0 Å². The Balaban J connectivity index is 1.45. The number of benzene rings is 1. The van der Waals surface area contributed by atoms with Gasteiger partial charge in [-0.15, -0.1) is 21.5 Å². The second kappa shape index (κ2) is 7.92. The summed E-state index contributed by atoms with van der Waals surface area (Å²) in [4.78, 5) is 29.1. The number of nitrogens with zero attached hydrogens (tertiary/aromatic N) is 3. The van der Waals surface area contributed by atoms with Crippen LogP contribution < -0.4 is 10.2 Å². The molecule has 1 aliphatic heterocycles. The number of hydrogen-bond acceptors (Lipinski definition) is 6. The van der Waals surface area contributed by atoms with Crippen LogP contribution in [-0.4, -0.2) is 22.0 Å². The van der Waals surface area contributed by atoms with Gasteiger partial charge in [-0.3, -0.25) is 9.59 Å². The summed E-state index contributed by atoms with van der Waals surface area (Å²) in [6.07, 6.45) is 3.17. The molecule has 1 aromatic carbocycles. The van der Waals surface area contributed by atoms with Crippen molar-refractivity contribution in [3.8, 4) is 0 Å². The number of carbonyl (C=O) groups is 2. The summed E-state index contributed by atoms with van der Waals surface area (Å²) < 4.78 is 0. The van der Waals surface area contributed by atoms with Gasteiger partial charge in [0.15, 0.2) is 0 Å². The number of aromatic nitrogens is 2. The van der Waals surface area contributed by atoms with Gasteiger partial charge in [0.1, 0.15) is 5.01 Å². The van der Waals surface area contributed by atoms with Crippen molar-refractivity contribution in [1.29, 1.82) is 0 Å². The Morgan fingerprint density at radius 3 is 2.63 bits per heavy atom. The molecule has 2 fully saturated rings. The summed E-state index contributed by atoms with van der Waals surface area (Å²) in [7, 11) is 0. The molecule has 2 amide bonds. The van der Waals surface area contributed by atoms with E-state index in [0.29, 0.717) is 23.9 Å². The van der Waals surface area contributed by atoms with Crippen LogP contribution >= 0.6 is 22.7 Å². The van der Waals surface area contributed by atoms with E-state index >= 15 is 0 Å². The van der Waals surface area contributed by atoms with E-state index in [-0.39, 0.29) is 23.8 Å². The molecule has 0 radical (unpaired) electrons. The average Bonchev–Trinajstić information content (AvgIpc) is 3.24. The quantitative estimate of drug-likeness (QED) is 0.614. The molecule has 6 nitrogen and oxygen atoms in total. The van der Waals surface area contributed by atoms with Crippen molar-refractivity contribution >= 4 is 45.3 Å². The number of thiophene rings is 1. The van der Waals surface area contributed by atoms with Crippen LogP contribution in [-0.2, 0) is 9.59 Å². The first-order valence-corrected chi connectivity index (χ1v) is 11.9. The molecule has 2 atom stereocenters. The van der Waals surface area contributed by atoms with Gasteiger partial charge in [-0.1, -0.05) is 35.1 Å². The van der Waals surface area contributed by atoms with Crippen LogP contribution in [0, 0.1) is 12.8 Å². The predicted molar refractivity (Wildman–Crippen MR) is 119 cm³/mol. The zero-order valence-corrected chi connectivity index (χ0v) is 18.2. The Morgan fingerprint density at radius 2 is 1.93 bits per heavy atom.